The fraction of sp³-hybridized carbons (Fsp3) is 0.250. The molecule has 0 aromatic heterocycles. The summed E-state index contributed by atoms with van der Waals surface area (Å²) in [4.78, 5) is 37.7. The number of hydrogen-bond acceptors (Lipinski definition) is 5. The first-order valence-electron chi connectivity index (χ1n) is 11.5. The van der Waals surface area contributed by atoms with Crippen molar-refractivity contribution < 1.29 is 23.9 Å². The molecular weight excluding hydrogens is 444 g/mol. The fourth-order valence-electron chi connectivity index (χ4n) is 3.39. The van der Waals surface area contributed by atoms with Crippen LogP contribution in [0.3, 0.4) is 0 Å². The van der Waals surface area contributed by atoms with Crippen LogP contribution in [-0.2, 0) is 32.3 Å². The number of alkyl carbamates (subject to hydrolysis) is 1. The van der Waals surface area contributed by atoms with Crippen LogP contribution in [0.15, 0.2) is 91.0 Å². The van der Waals surface area contributed by atoms with Gasteiger partial charge in [0.25, 0.3) is 0 Å². The van der Waals surface area contributed by atoms with E-state index in [4.69, 9.17) is 9.47 Å². The third-order valence-corrected chi connectivity index (χ3v) is 5.36. The normalized spacial score (nSPS) is 12.1. The molecule has 0 heterocycles. The van der Waals surface area contributed by atoms with E-state index in [9.17, 15) is 14.4 Å². The van der Waals surface area contributed by atoms with Gasteiger partial charge in [0.15, 0.2) is 0 Å². The lowest BCUT2D eigenvalue weighted by Gasteiger charge is -2.21. The van der Waals surface area contributed by atoms with Gasteiger partial charge < -0.3 is 20.1 Å². The number of nitrogens with one attached hydrogen (secondary N) is 2. The maximum atomic E-state index is 13.0. The Balaban J connectivity index is 1.56. The summed E-state index contributed by atoms with van der Waals surface area (Å²) in [5.74, 6) is -0.865. The zero-order chi connectivity index (χ0) is 24.9. The van der Waals surface area contributed by atoms with Gasteiger partial charge in [0.1, 0.15) is 19.3 Å². The maximum Gasteiger partial charge on any atom is 0.408 e. The minimum Gasteiger partial charge on any atom is -0.461 e. The highest BCUT2D eigenvalue weighted by Gasteiger charge is 2.24. The van der Waals surface area contributed by atoms with Crippen LogP contribution in [0.25, 0.3) is 0 Å². The topological polar surface area (TPSA) is 93.7 Å². The number of carbonyl (C=O) groups is 3. The second-order valence-corrected chi connectivity index (χ2v) is 8.08. The summed E-state index contributed by atoms with van der Waals surface area (Å²) in [6.45, 7) is 2.07. The largest absolute Gasteiger partial charge is 0.461 e. The summed E-state index contributed by atoms with van der Waals surface area (Å²) < 4.78 is 10.6. The highest BCUT2D eigenvalue weighted by molar-refractivity contribution is 5.86. The van der Waals surface area contributed by atoms with Gasteiger partial charge >= 0.3 is 12.1 Å². The Labute approximate surface area is 205 Å². The number of esters is 1. The molecule has 2 N–H and O–H groups in total. The highest BCUT2D eigenvalue weighted by atomic mass is 16.5. The van der Waals surface area contributed by atoms with Crippen LogP contribution in [0.5, 0.6) is 0 Å². The van der Waals surface area contributed by atoms with E-state index in [2.05, 4.69) is 10.6 Å². The second-order valence-electron chi connectivity index (χ2n) is 8.08. The Kier molecular flexibility index (Phi) is 9.87. The van der Waals surface area contributed by atoms with Gasteiger partial charge in [0, 0.05) is 6.42 Å². The zero-order valence-electron chi connectivity index (χ0n) is 19.7. The van der Waals surface area contributed by atoms with Crippen LogP contribution in [0.2, 0.25) is 0 Å². The molecule has 7 heteroatoms. The standard InChI is InChI=1S/C28H30N2O5/c1-21(24-15-9-4-10-16-24)29-27(32)25(30-28(33)35-20-23-13-7-3-8-14-23)17-18-26(31)34-19-22-11-5-2-6-12-22/h2-16,21,25H,17-20H2,1H3,(H,29,32)(H,30,33)/t21-,25-/m0/s1. The smallest absolute Gasteiger partial charge is 0.408 e. The summed E-state index contributed by atoms with van der Waals surface area (Å²) in [5, 5.41) is 5.49. The van der Waals surface area contributed by atoms with E-state index in [1.165, 1.54) is 0 Å². The van der Waals surface area contributed by atoms with E-state index >= 15 is 0 Å². The number of rotatable bonds is 11. The molecule has 2 amide bonds. The Morgan fingerprint density at radius 1 is 0.714 bits per heavy atom. The van der Waals surface area contributed by atoms with Crippen LogP contribution in [0.1, 0.15) is 42.5 Å². The van der Waals surface area contributed by atoms with Crippen LogP contribution < -0.4 is 10.6 Å². The summed E-state index contributed by atoms with van der Waals surface area (Å²) in [6, 6.07) is 26.8. The Morgan fingerprint density at radius 3 is 1.80 bits per heavy atom. The van der Waals surface area contributed by atoms with Crippen molar-refractivity contribution in [3.63, 3.8) is 0 Å². The van der Waals surface area contributed by atoms with Gasteiger partial charge in [0.2, 0.25) is 5.91 Å². The van der Waals surface area contributed by atoms with Gasteiger partial charge in [-0.1, -0.05) is 91.0 Å². The lowest BCUT2D eigenvalue weighted by atomic mass is 10.1. The highest BCUT2D eigenvalue weighted by Crippen LogP contribution is 2.13. The Hall–Kier alpha value is -4.13. The Morgan fingerprint density at radius 2 is 1.23 bits per heavy atom. The van der Waals surface area contributed by atoms with Crippen LogP contribution in [-0.4, -0.2) is 24.0 Å². The van der Waals surface area contributed by atoms with E-state index in [-0.39, 0.29) is 32.1 Å². The molecule has 0 aliphatic rings. The van der Waals surface area contributed by atoms with E-state index in [0.29, 0.717) is 0 Å². The first-order chi connectivity index (χ1) is 17.0. The molecule has 0 aliphatic heterocycles. The SMILES string of the molecule is C[C@H](NC(=O)[C@H](CCC(=O)OCc1ccccc1)NC(=O)OCc1ccccc1)c1ccccc1. The molecule has 182 valence electrons. The summed E-state index contributed by atoms with van der Waals surface area (Å²) in [5.41, 5.74) is 2.62. The van der Waals surface area contributed by atoms with Gasteiger partial charge in [0.05, 0.1) is 6.04 Å². The quantitative estimate of drug-likeness (QED) is 0.394. The van der Waals surface area contributed by atoms with Crippen molar-refractivity contribution in [2.24, 2.45) is 0 Å². The monoisotopic (exact) mass is 474 g/mol. The molecule has 35 heavy (non-hydrogen) atoms. The van der Waals surface area contributed by atoms with Crippen molar-refractivity contribution >= 4 is 18.0 Å². The molecule has 3 aromatic carbocycles. The van der Waals surface area contributed by atoms with Crippen LogP contribution in [0, 0.1) is 0 Å². The van der Waals surface area contributed by atoms with Gasteiger partial charge in [-0.15, -0.1) is 0 Å². The zero-order valence-corrected chi connectivity index (χ0v) is 19.7. The number of carbonyl (C=O) groups excluding carboxylic acids is 3. The third-order valence-electron chi connectivity index (χ3n) is 5.36. The molecule has 3 rings (SSSR count). The van der Waals surface area contributed by atoms with E-state index in [0.717, 1.165) is 16.7 Å². The van der Waals surface area contributed by atoms with Crippen molar-refractivity contribution in [3.05, 3.63) is 108 Å². The first-order valence-corrected chi connectivity index (χ1v) is 11.5. The van der Waals surface area contributed by atoms with E-state index in [1.54, 1.807) is 0 Å². The minimum absolute atomic E-state index is 0.0381. The van der Waals surface area contributed by atoms with Crippen molar-refractivity contribution in [3.8, 4) is 0 Å². The van der Waals surface area contributed by atoms with Crippen molar-refractivity contribution in [1.82, 2.24) is 10.6 Å². The van der Waals surface area contributed by atoms with E-state index < -0.39 is 24.0 Å². The van der Waals surface area contributed by atoms with Gasteiger partial charge in [-0.3, -0.25) is 9.59 Å². The van der Waals surface area contributed by atoms with Gasteiger partial charge in [-0.25, -0.2) is 4.79 Å². The molecule has 0 unspecified atom stereocenters. The van der Waals surface area contributed by atoms with Crippen molar-refractivity contribution in [2.45, 2.75) is 45.1 Å². The molecular formula is C28H30N2O5. The lowest BCUT2D eigenvalue weighted by molar-refractivity contribution is -0.145. The molecule has 0 radical (unpaired) electrons. The predicted octanol–water partition coefficient (Wildman–Crippen LogP) is 4.68. The van der Waals surface area contributed by atoms with Crippen LogP contribution in [0.4, 0.5) is 4.79 Å². The average Bonchev–Trinajstić information content (AvgIpc) is 2.90. The molecule has 0 saturated carbocycles. The molecule has 0 bridgehead atoms. The molecule has 0 aliphatic carbocycles. The van der Waals surface area contributed by atoms with Crippen molar-refractivity contribution in [2.75, 3.05) is 0 Å². The van der Waals surface area contributed by atoms with Gasteiger partial charge in [-0.2, -0.15) is 0 Å². The second kappa shape index (κ2) is 13.5. The van der Waals surface area contributed by atoms with Crippen molar-refractivity contribution in [1.29, 1.82) is 0 Å². The predicted molar refractivity (Wildman–Crippen MR) is 132 cm³/mol. The maximum absolute atomic E-state index is 13.0. The molecule has 0 spiro atoms. The molecule has 2 atom stereocenters. The van der Waals surface area contributed by atoms with Crippen LogP contribution >= 0.6 is 0 Å². The lowest BCUT2D eigenvalue weighted by Crippen LogP contribution is -2.47. The first kappa shape index (κ1) is 25.5. The molecule has 0 saturated heterocycles. The number of hydrogen-bond donors (Lipinski definition) is 2. The molecule has 7 nitrogen and oxygen atoms in total. The summed E-state index contributed by atoms with van der Waals surface area (Å²) >= 11 is 0. The van der Waals surface area contributed by atoms with Gasteiger partial charge in [-0.05, 0) is 30.0 Å². The van der Waals surface area contributed by atoms with E-state index in [1.807, 2.05) is 97.9 Å². The average molecular weight is 475 g/mol. The fourth-order valence-corrected chi connectivity index (χ4v) is 3.39. The minimum atomic E-state index is -0.964. The molecule has 3 aromatic rings. The Bertz CT molecular complexity index is 1070. The summed E-state index contributed by atoms with van der Waals surface area (Å²) in [6.07, 6.45) is -0.704. The summed E-state index contributed by atoms with van der Waals surface area (Å²) in [7, 11) is 0. The molecule has 0 fully saturated rings. The third kappa shape index (κ3) is 8.97. The number of ether oxygens (including phenoxy) is 2. The number of amides is 2. The number of benzene rings is 3.